The van der Waals surface area contributed by atoms with Crippen LogP contribution in [0.5, 0.6) is 0 Å². The van der Waals surface area contributed by atoms with Gasteiger partial charge in [0.2, 0.25) is 5.82 Å². The summed E-state index contributed by atoms with van der Waals surface area (Å²) in [6.45, 7) is 3.58. The average molecular weight is 539 g/mol. The maximum atomic E-state index is 5.33. The standard InChI is InChI=1S/C34H31N7/c1-37-19-21-39(28-12-4-3-5-13-28)32-33(37)41-34(36-32)40(22-20-38(41)2)30-18-17-25-11-8-14-29(31(25)35-30)27-16-15-24-9-6-7-10-26(24)23-27/h3-18,23H,19-22H2,1-2H3/p+1. The molecule has 0 aliphatic carbocycles. The summed E-state index contributed by atoms with van der Waals surface area (Å²) in [6.07, 6.45) is 0. The number of fused-ring (bicyclic) bond motifs is 5. The lowest BCUT2D eigenvalue weighted by atomic mass is 9.99. The second kappa shape index (κ2) is 9.27. The van der Waals surface area contributed by atoms with E-state index in [1.165, 1.54) is 27.8 Å². The third-order valence-corrected chi connectivity index (χ3v) is 8.49. The number of anilines is 5. The molecule has 2 aliphatic rings. The fraction of sp³-hybridized carbons (Fsp3) is 0.176. The fourth-order valence-electron chi connectivity index (χ4n) is 6.34. The van der Waals surface area contributed by atoms with E-state index in [1.807, 2.05) is 0 Å². The zero-order chi connectivity index (χ0) is 27.5. The van der Waals surface area contributed by atoms with Crippen LogP contribution in [-0.4, -0.2) is 50.2 Å². The molecule has 7 heteroatoms. The predicted molar refractivity (Wildman–Crippen MR) is 168 cm³/mol. The third-order valence-electron chi connectivity index (χ3n) is 8.49. The lowest BCUT2D eigenvalue weighted by Crippen LogP contribution is -2.65. The first-order valence-electron chi connectivity index (χ1n) is 14.3. The molecule has 4 heterocycles. The van der Waals surface area contributed by atoms with Crippen LogP contribution < -0.4 is 24.4 Å². The van der Waals surface area contributed by atoms with Crippen molar-refractivity contribution in [2.45, 2.75) is 0 Å². The molecule has 0 radical (unpaired) electrons. The fourth-order valence-corrected chi connectivity index (χ4v) is 6.34. The van der Waals surface area contributed by atoms with Crippen LogP contribution in [0.3, 0.4) is 0 Å². The highest BCUT2D eigenvalue weighted by Gasteiger charge is 2.41. The number of nitrogens with one attached hydrogen (secondary N) is 1. The summed E-state index contributed by atoms with van der Waals surface area (Å²) in [5, 5.41) is 5.93. The summed E-state index contributed by atoms with van der Waals surface area (Å²) in [6, 6.07) is 36.7. The first-order valence-corrected chi connectivity index (χ1v) is 14.3. The number of likely N-dealkylation sites (N-methyl/N-ethyl adjacent to an activating group) is 2. The van der Waals surface area contributed by atoms with E-state index in [0.717, 1.165) is 60.2 Å². The van der Waals surface area contributed by atoms with Crippen molar-refractivity contribution >= 4 is 50.8 Å². The van der Waals surface area contributed by atoms with Crippen LogP contribution in [0.2, 0.25) is 0 Å². The molecule has 4 aromatic carbocycles. The van der Waals surface area contributed by atoms with Gasteiger partial charge in [0.25, 0.3) is 5.82 Å². The molecule has 7 nitrogen and oxygen atoms in total. The van der Waals surface area contributed by atoms with Gasteiger partial charge in [0.05, 0.1) is 31.7 Å². The van der Waals surface area contributed by atoms with Gasteiger partial charge in [0.15, 0.2) is 5.82 Å². The topological polar surface area (TPSA) is 45.5 Å². The first-order chi connectivity index (χ1) is 20.2. The Kier molecular flexibility index (Phi) is 5.38. The van der Waals surface area contributed by atoms with Gasteiger partial charge in [-0.15, -0.1) is 4.68 Å². The normalized spacial score (nSPS) is 15.0. The van der Waals surface area contributed by atoms with E-state index < -0.39 is 0 Å². The van der Waals surface area contributed by atoms with E-state index in [4.69, 9.17) is 4.98 Å². The molecule has 202 valence electrons. The summed E-state index contributed by atoms with van der Waals surface area (Å²) in [7, 11) is 4.34. The van der Waals surface area contributed by atoms with Gasteiger partial charge >= 0.3 is 5.95 Å². The van der Waals surface area contributed by atoms with Crippen molar-refractivity contribution in [3.8, 4) is 11.1 Å². The first kappa shape index (κ1) is 23.8. The maximum Gasteiger partial charge on any atom is 0.346 e. The Hall–Kier alpha value is -5.04. The van der Waals surface area contributed by atoms with Crippen molar-refractivity contribution in [1.29, 1.82) is 0 Å². The van der Waals surface area contributed by atoms with Crippen LogP contribution in [0.25, 0.3) is 32.8 Å². The van der Waals surface area contributed by atoms with Gasteiger partial charge in [0.1, 0.15) is 0 Å². The number of nitrogens with zero attached hydrogens (tertiary/aromatic N) is 6. The van der Waals surface area contributed by atoms with Crippen molar-refractivity contribution in [3.05, 3.63) is 103 Å². The summed E-state index contributed by atoms with van der Waals surface area (Å²) >= 11 is 0. The Morgan fingerprint density at radius 1 is 0.683 bits per heavy atom. The Morgan fingerprint density at radius 3 is 2.32 bits per heavy atom. The van der Waals surface area contributed by atoms with E-state index in [0.29, 0.717) is 0 Å². The minimum Gasteiger partial charge on any atom is -0.311 e. The lowest BCUT2D eigenvalue weighted by Gasteiger charge is -2.34. The number of pyridine rings is 1. The number of hydrogen-bond donors (Lipinski definition) is 1. The van der Waals surface area contributed by atoms with Crippen LogP contribution in [0, 0.1) is 0 Å². The zero-order valence-electron chi connectivity index (χ0n) is 23.3. The highest BCUT2D eigenvalue weighted by molar-refractivity contribution is 5.97. The highest BCUT2D eigenvalue weighted by atomic mass is 15.7. The van der Waals surface area contributed by atoms with Gasteiger partial charge in [-0.25, -0.2) is 14.9 Å². The van der Waals surface area contributed by atoms with Crippen LogP contribution in [0.15, 0.2) is 103 Å². The molecular weight excluding hydrogens is 506 g/mol. The average Bonchev–Trinajstić information content (AvgIpc) is 3.43. The molecule has 0 fully saturated rings. The molecule has 1 N–H and O–H groups in total. The molecule has 0 unspecified atom stereocenters. The maximum absolute atomic E-state index is 5.33. The zero-order valence-corrected chi connectivity index (χ0v) is 23.3. The molecular formula is C34H32N7+. The predicted octanol–water partition coefficient (Wildman–Crippen LogP) is 5.98. The molecule has 0 saturated heterocycles. The largest absolute Gasteiger partial charge is 0.346 e. The monoisotopic (exact) mass is 538 g/mol. The van der Waals surface area contributed by atoms with Crippen LogP contribution in [0.1, 0.15) is 0 Å². The minimum absolute atomic E-state index is 0.835. The summed E-state index contributed by atoms with van der Waals surface area (Å²) in [4.78, 5) is 16.2. The third kappa shape index (κ3) is 3.80. The number of aromatic nitrogens is 3. The summed E-state index contributed by atoms with van der Waals surface area (Å²) < 4.78 is 2.31. The van der Waals surface area contributed by atoms with Gasteiger partial charge in [0, 0.05) is 30.7 Å². The van der Waals surface area contributed by atoms with Crippen LogP contribution >= 0.6 is 0 Å². The number of para-hydroxylation sites is 2. The number of benzene rings is 4. The molecule has 2 aromatic heterocycles. The van der Waals surface area contributed by atoms with Crippen LogP contribution in [-0.2, 0) is 0 Å². The van der Waals surface area contributed by atoms with Crippen LogP contribution in [0.4, 0.5) is 29.1 Å². The Balaban J connectivity index is 1.26. The molecule has 8 rings (SSSR count). The molecule has 0 saturated carbocycles. The Labute approximate surface area is 239 Å². The van der Waals surface area contributed by atoms with E-state index >= 15 is 0 Å². The minimum atomic E-state index is 0.835. The van der Waals surface area contributed by atoms with E-state index in [-0.39, 0.29) is 0 Å². The second-order valence-corrected chi connectivity index (χ2v) is 11.0. The molecule has 41 heavy (non-hydrogen) atoms. The number of hydrogen-bond acceptors (Lipinski definition) is 5. The smallest absolute Gasteiger partial charge is 0.311 e. The van der Waals surface area contributed by atoms with Gasteiger partial charge < -0.3 is 9.80 Å². The second-order valence-electron chi connectivity index (χ2n) is 11.0. The molecule has 0 atom stereocenters. The van der Waals surface area contributed by atoms with Crippen molar-refractivity contribution < 1.29 is 4.68 Å². The lowest BCUT2D eigenvalue weighted by molar-refractivity contribution is -0.667. The molecule has 0 amide bonds. The van der Waals surface area contributed by atoms with E-state index in [1.54, 1.807) is 0 Å². The highest BCUT2D eigenvalue weighted by Crippen LogP contribution is 2.38. The summed E-state index contributed by atoms with van der Waals surface area (Å²) in [5.41, 5.74) is 4.55. The van der Waals surface area contributed by atoms with Gasteiger partial charge in [-0.1, -0.05) is 72.8 Å². The SMILES string of the molecule is CN1CCN(c2ccccc2)c2[nH]c3[n+](c21)N(C)CCN3c1ccc2cccc(-c3ccc4ccccc4c3)c2n1. The Bertz CT molecular complexity index is 1910. The quantitative estimate of drug-likeness (QED) is 0.281. The van der Waals surface area contributed by atoms with Gasteiger partial charge in [-0.05, 0) is 46.7 Å². The number of imidazole rings is 1. The van der Waals surface area contributed by atoms with Crippen molar-refractivity contribution in [2.24, 2.45) is 0 Å². The summed E-state index contributed by atoms with van der Waals surface area (Å²) in [5.74, 6) is 4.24. The molecule has 0 bridgehead atoms. The molecule has 0 spiro atoms. The van der Waals surface area contributed by atoms with E-state index in [2.05, 4.69) is 147 Å². The Morgan fingerprint density at radius 2 is 1.44 bits per heavy atom. The number of aromatic amines is 1. The van der Waals surface area contributed by atoms with Gasteiger partial charge in [-0.3, -0.25) is 5.01 Å². The number of H-pyrrole nitrogens is 1. The van der Waals surface area contributed by atoms with Crippen molar-refractivity contribution in [3.63, 3.8) is 0 Å². The van der Waals surface area contributed by atoms with E-state index in [9.17, 15) is 0 Å². The number of rotatable bonds is 3. The van der Waals surface area contributed by atoms with Gasteiger partial charge in [-0.2, -0.15) is 0 Å². The van der Waals surface area contributed by atoms with Crippen molar-refractivity contribution in [1.82, 2.24) is 9.97 Å². The molecule has 2 aliphatic heterocycles. The molecule has 6 aromatic rings. The van der Waals surface area contributed by atoms with Crippen molar-refractivity contribution in [2.75, 3.05) is 60.0 Å².